The quantitative estimate of drug-likeness (QED) is 0.212. The van der Waals surface area contributed by atoms with Crippen LogP contribution in [0.3, 0.4) is 0 Å². The highest BCUT2D eigenvalue weighted by Crippen LogP contribution is 2.28. The molecule has 4 nitrogen and oxygen atoms in total. The van der Waals surface area contributed by atoms with Crippen LogP contribution in [-0.2, 0) is 18.9 Å². The summed E-state index contributed by atoms with van der Waals surface area (Å²) in [6.45, 7) is 6.97. The average Bonchev–Trinajstić information content (AvgIpc) is 3.15. The Balaban J connectivity index is 1.49. The van der Waals surface area contributed by atoms with E-state index in [9.17, 15) is 0 Å². The van der Waals surface area contributed by atoms with Crippen molar-refractivity contribution in [1.82, 2.24) is 14.8 Å². The Morgan fingerprint density at radius 2 is 1.87 bits per heavy atom. The van der Waals surface area contributed by atoms with Gasteiger partial charge in [-0.05, 0) is 47.0 Å². The first kappa shape index (κ1) is 20.7. The predicted molar refractivity (Wildman–Crippen MR) is 127 cm³/mol. The van der Waals surface area contributed by atoms with Crippen LogP contribution in [0.4, 0.5) is 0 Å². The number of allylic oxidation sites excluding steroid dienone is 1. The maximum Gasteiger partial charge on any atom is 0.191 e. The number of benzene rings is 3. The van der Waals surface area contributed by atoms with Gasteiger partial charge < -0.3 is 4.74 Å². The van der Waals surface area contributed by atoms with E-state index >= 15 is 0 Å². The molecule has 4 rings (SSSR count). The van der Waals surface area contributed by atoms with Gasteiger partial charge in [-0.1, -0.05) is 76.2 Å². The summed E-state index contributed by atoms with van der Waals surface area (Å²) in [4.78, 5) is 0. The van der Waals surface area contributed by atoms with Crippen LogP contribution in [0, 0.1) is 6.92 Å². The molecular weight excluding hydrogens is 458 g/mol. The molecule has 4 aromatic rings. The molecule has 30 heavy (non-hydrogen) atoms. The Labute approximate surface area is 189 Å². The standard InChI is InChI=1S/C24H22BrN3OS/c1-3-14-28-23(26-27-24(28)30-16-18-8-11-20(25)12-9-18)15-29-22-13-10-19-6-4-5-7-21(19)17(22)2/h3-13H,1,14-16H2,2H3. The number of aryl methyl sites for hydroxylation is 1. The zero-order valence-electron chi connectivity index (χ0n) is 16.7. The lowest BCUT2D eigenvalue weighted by molar-refractivity contribution is 0.287. The van der Waals surface area contributed by atoms with Gasteiger partial charge in [-0.15, -0.1) is 16.8 Å². The second kappa shape index (κ2) is 9.49. The van der Waals surface area contributed by atoms with Crippen molar-refractivity contribution in [3.63, 3.8) is 0 Å². The fourth-order valence-electron chi connectivity index (χ4n) is 3.28. The molecule has 0 atom stereocenters. The third kappa shape index (κ3) is 4.60. The van der Waals surface area contributed by atoms with E-state index < -0.39 is 0 Å². The van der Waals surface area contributed by atoms with Gasteiger partial charge in [0, 0.05) is 16.8 Å². The van der Waals surface area contributed by atoms with E-state index in [1.165, 1.54) is 16.3 Å². The minimum atomic E-state index is 0.360. The van der Waals surface area contributed by atoms with E-state index in [1.807, 2.05) is 18.2 Å². The maximum absolute atomic E-state index is 6.14. The van der Waals surface area contributed by atoms with Gasteiger partial charge in [-0.3, -0.25) is 4.57 Å². The minimum Gasteiger partial charge on any atom is -0.485 e. The van der Waals surface area contributed by atoms with Crippen LogP contribution in [0.5, 0.6) is 5.75 Å². The maximum atomic E-state index is 6.14. The first-order chi connectivity index (χ1) is 14.7. The molecule has 0 aliphatic rings. The third-order valence-electron chi connectivity index (χ3n) is 4.89. The summed E-state index contributed by atoms with van der Waals surface area (Å²) in [5.41, 5.74) is 2.37. The monoisotopic (exact) mass is 479 g/mol. The second-order valence-electron chi connectivity index (χ2n) is 6.91. The number of fused-ring (bicyclic) bond motifs is 1. The van der Waals surface area contributed by atoms with Gasteiger partial charge in [0.1, 0.15) is 12.4 Å². The molecule has 0 fully saturated rings. The van der Waals surface area contributed by atoms with Gasteiger partial charge in [0.15, 0.2) is 11.0 Å². The molecule has 0 N–H and O–H groups in total. The van der Waals surface area contributed by atoms with Gasteiger partial charge in [-0.2, -0.15) is 0 Å². The third-order valence-corrected chi connectivity index (χ3v) is 6.46. The minimum absolute atomic E-state index is 0.360. The highest BCUT2D eigenvalue weighted by molar-refractivity contribution is 9.10. The molecule has 0 aliphatic heterocycles. The molecule has 3 aromatic carbocycles. The lowest BCUT2D eigenvalue weighted by Crippen LogP contribution is -2.08. The number of ether oxygens (including phenoxy) is 1. The van der Waals surface area contributed by atoms with Crippen molar-refractivity contribution in [3.05, 3.63) is 94.7 Å². The summed E-state index contributed by atoms with van der Waals surface area (Å²) < 4.78 is 9.28. The van der Waals surface area contributed by atoms with E-state index in [2.05, 4.69) is 92.7 Å². The van der Waals surface area contributed by atoms with Crippen LogP contribution in [-0.4, -0.2) is 14.8 Å². The van der Waals surface area contributed by atoms with Crippen molar-refractivity contribution >= 4 is 38.5 Å². The molecule has 1 aromatic heterocycles. The highest BCUT2D eigenvalue weighted by Gasteiger charge is 2.13. The van der Waals surface area contributed by atoms with Gasteiger partial charge in [-0.25, -0.2) is 0 Å². The van der Waals surface area contributed by atoms with Gasteiger partial charge in [0.2, 0.25) is 0 Å². The summed E-state index contributed by atoms with van der Waals surface area (Å²) in [7, 11) is 0. The van der Waals surface area contributed by atoms with E-state index in [1.54, 1.807) is 11.8 Å². The lowest BCUT2D eigenvalue weighted by atomic mass is 10.0. The molecule has 0 amide bonds. The van der Waals surface area contributed by atoms with Crippen LogP contribution >= 0.6 is 27.7 Å². The number of thioether (sulfide) groups is 1. The van der Waals surface area contributed by atoms with Gasteiger partial charge in [0.25, 0.3) is 0 Å². The largest absolute Gasteiger partial charge is 0.485 e. The van der Waals surface area contributed by atoms with Crippen molar-refractivity contribution in [3.8, 4) is 5.75 Å². The average molecular weight is 480 g/mol. The summed E-state index contributed by atoms with van der Waals surface area (Å²) >= 11 is 5.14. The number of rotatable bonds is 8. The van der Waals surface area contributed by atoms with Gasteiger partial charge >= 0.3 is 0 Å². The van der Waals surface area contributed by atoms with E-state index in [-0.39, 0.29) is 0 Å². The van der Waals surface area contributed by atoms with Crippen LogP contribution in [0.25, 0.3) is 10.8 Å². The number of hydrogen-bond acceptors (Lipinski definition) is 4. The Morgan fingerprint density at radius 1 is 1.07 bits per heavy atom. The molecule has 152 valence electrons. The summed E-state index contributed by atoms with van der Waals surface area (Å²) in [5.74, 6) is 2.49. The molecule has 0 aliphatic carbocycles. The van der Waals surface area contributed by atoms with Crippen molar-refractivity contribution in [2.45, 2.75) is 31.0 Å². The van der Waals surface area contributed by atoms with E-state index in [0.29, 0.717) is 13.2 Å². The Bertz CT molecular complexity index is 1170. The van der Waals surface area contributed by atoms with Crippen molar-refractivity contribution in [1.29, 1.82) is 0 Å². The van der Waals surface area contributed by atoms with Crippen LogP contribution < -0.4 is 4.74 Å². The SMILES string of the molecule is C=CCn1c(COc2ccc3ccccc3c2C)nnc1SCc1ccc(Br)cc1. The topological polar surface area (TPSA) is 39.9 Å². The van der Waals surface area contributed by atoms with Crippen molar-refractivity contribution in [2.24, 2.45) is 0 Å². The Kier molecular flexibility index (Phi) is 6.55. The predicted octanol–water partition coefficient (Wildman–Crippen LogP) is 6.56. The summed E-state index contributed by atoms with van der Waals surface area (Å²) in [6, 6.07) is 20.8. The van der Waals surface area contributed by atoms with Crippen LogP contribution in [0.1, 0.15) is 17.0 Å². The lowest BCUT2D eigenvalue weighted by Gasteiger charge is -2.12. The molecule has 1 heterocycles. The fourth-order valence-corrected chi connectivity index (χ4v) is 4.47. The molecule has 0 bridgehead atoms. The number of halogens is 1. The van der Waals surface area contributed by atoms with Gasteiger partial charge in [0.05, 0.1) is 0 Å². The molecule has 0 unspecified atom stereocenters. The Morgan fingerprint density at radius 3 is 2.67 bits per heavy atom. The number of nitrogens with zero attached hydrogens (tertiary/aromatic N) is 3. The zero-order chi connectivity index (χ0) is 20.9. The Hall–Kier alpha value is -2.57. The number of aromatic nitrogens is 3. The molecule has 0 spiro atoms. The van der Waals surface area contributed by atoms with E-state index in [0.717, 1.165) is 32.5 Å². The van der Waals surface area contributed by atoms with Crippen LogP contribution in [0.15, 0.2) is 82.9 Å². The molecule has 0 saturated carbocycles. The second-order valence-corrected chi connectivity index (χ2v) is 8.77. The fraction of sp³-hybridized carbons (Fsp3) is 0.167. The normalized spacial score (nSPS) is 11.0. The van der Waals surface area contributed by atoms with Crippen LogP contribution in [0.2, 0.25) is 0 Å². The highest BCUT2D eigenvalue weighted by atomic mass is 79.9. The van der Waals surface area contributed by atoms with Crippen molar-refractivity contribution in [2.75, 3.05) is 0 Å². The first-order valence-electron chi connectivity index (χ1n) is 9.67. The molecule has 0 saturated heterocycles. The molecule has 6 heteroatoms. The molecular formula is C24H22BrN3OS. The number of hydrogen-bond donors (Lipinski definition) is 0. The zero-order valence-corrected chi connectivity index (χ0v) is 19.1. The first-order valence-corrected chi connectivity index (χ1v) is 11.4. The van der Waals surface area contributed by atoms with E-state index in [4.69, 9.17) is 4.74 Å². The summed E-state index contributed by atoms with van der Waals surface area (Å²) in [6.07, 6.45) is 1.86. The molecule has 0 radical (unpaired) electrons. The summed E-state index contributed by atoms with van der Waals surface area (Å²) in [5, 5.41) is 12.1. The van der Waals surface area contributed by atoms with Crippen molar-refractivity contribution < 1.29 is 4.74 Å². The smallest absolute Gasteiger partial charge is 0.191 e.